The lowest BCUT2D eigenvalue weighted by Crippen LogP contribution is -2.02. The van der Waals surface area contributed by atoms with Gasteiger partial charge in [-0.2, -0.15) is 9.90 Å². The Morgan fingerprint density at radius 2 is 2.60 bits per heavy atom. The second-order valence-corrected chi connectivity index (χ2v) is 1.72. The van der Waals surface area contributed by atoms with Gasteiger partial charge in [-0.15, -0.1) is 5.10 Å². The Hall–Kier alpha value is -1.39. The molecule has 0 saturated carbocycles. The largest absolute Gasteiger partial charge is 0.476 e. The van der Waals surface area contributed by atoms with E-state index in [9.17, 15) is 4.79 Å². The molecule has 0 unspecified atom stereocenters. The summed E-state index contributed by atoms with van der Waals surface area (Å²) >= 11 is 0. The smallest absolute Gasteiger partial charge is 0.358 e. The summed E-state index contributed by atoms with van der Waals surface area (Å²) in [6, 6.07) is 0. The van der Waals surface area contributed by atoms with Crippen molar-refractivity contribution in [1.82, 2.24) is 15.0 Å². The molecule has 1 heterocycles. The van der Waals surface area contributed by atoms with Gasteiger partial charge in [-0.3, -0.25) is 0 Å². The molecule has 5 nitrogen and oxygen atoms in total. The van der Waals surface area contributed by atoms with Crippen LogP contribution in [0.1, 0.15) is 17.4 Å². The fourth-order valence-corrected chi connectivity index (χ4v) is 0.548. The molecular weight excluding hydrogens is 134 g/mol. The highest BCUT2D eigenvalue weighted by molar-refractivity contribution is 5.84. The number of carboxylic acid groups (broad SMARTS) is 1. The van der Waals surface area contributed by atoms with Gasteiger partial charge < -0.3 is 5.11 Å². The predicted molar refractivity (Wildman–Crippen MR) is 32.7 cm³/mol. The number of aromatic carboxylic acids is 1. The van der Waals surface area contributed by atoms with E-state index in [0.717, 1.165) is 0 Å². The first kappa shape index (κ1) is 6.73. The summed E-state index contributed by atoms with van der Waals surface area (Å²) in [4.78, 5) is 11.5. The molecule has 0 bridgehead atoms. The highest BCUT2D eigenvalue weighted by Gasteiger charge is 2.05. The molecule has 0 aromatic carbocycles. The molecule has 0 aliphatic rings. The summed E-state index contributed by atoms with van der Waals surface area (Å²) in [6.07, 6.45) is 1.23. The van der Waals surface area contributed by atoms with Crippen LogP contribution in [0.15, 0.2) is 6.20 Å². The SMILES string of the molecule is CCn1ncc(C(=O)O)n1. The number of hydrogen-bond donors (Lipinski definition) is 1. The van der Waals surface area contributed by atoms with E-state index >= 15 is 0 Å². The molecule has 1 aromatic rings. The van der Waals surface area contributed by atoms with Crippen LogP contribution in [0.2, 0.25) is 0 Å². The van der Waals surface area contributed by atoms with E-state index in [0.29, 0.717) is 6.54 Å². The number of rotatable bonds is 2. The van der Waals surface area contributed by atoms with Crippen LogP contribution in [0.3, 0.4) is 0 Å². The maximum atomic E-state index is 10.2. The molecule has 5 heteroatoms. The maximum absolute atomic E-state index is 10.2. The van der Waals surface area contributed by atoms with Crippen molar-refractivity contribution in [3.05, 3.63) is 11.9 Å². The van der Waals surface area contributed by atoms with Crippen LogP contribution >= 0.6 is 0 Å². The van der Waals surface area contributed by atoms with E-state index in [2.05, 4.69) is 10.2 Å². The zero-order valence-electron chi connectivity index (χ0n) is 5.48. The molecule has 0 saturated heterocycles. The summed E-state index contributed by atoms with van der Waals surface area (Å²) in [5.74, 6) is -1.04. The van der Waals surface area contributed by atoms with Gasteiger partial charge in [-0.1, -0.05) is 0 Å². The molecule has 0 aliphatic carbocycles. The van der Waals surface area contributed by atoms with Gasteiger partial charge >= 0.3 is 5.97 Å². The minimum Gasteiger partial charge on any atom is -0.476 e. The average Bonchev–Trinajstić information content (AvgIpc) is 2.34. The molecule has 0 aliphatic heterocycles. The second kappa shape index (κ2) is 2.47. The minimum atomic E-state index is -1.04. The van der Waals surface area contributed by atoms with Crippen LogP contribution in [-0.4, -0.2) is 26.1 Å². The van der Waals surface area contributed by atoms with E-state index in [1.807, 2.05) is 6.92 Å². The van der Waals surface area contributed by atoms with Crippen molar-refractivity contribution >= 4 is 5.97 Å². The van der Waals surface area contributed by atoms with Crippen molar-refractivity contribution in [2.45, 2.75) is 13.5 Å². The first-order valence-corrected chi connectivity index (χ1v) is 2.87. The Kier molecular flexibility index (Phi) is 1.66. The summed E-state index contributed by atoms with van der Waals surface area (Å²) in [5, 5.41) is 15.7. The Morgan fingerprint density at radius 1 is 1.90 bits per heavy atom. The summed E-state index contributed by atoms with van der Waals surface area (Å²) in [7, 11) is 0. The number of carbonyl (C=O) groups is 1. The van der Waals surface area contributed by atoms with Crippen LogP contribution in [-0.2, 0) is 6.54 Å². The van der Waals surface area contributed by atoms with Crippen LogP contribution in [0.4, 0.5) is 0 Å². The third kappa shape index (κ3) is 1.12. The normalized spacial score (nSPS) is 9.70. The van der Waals surface area contributed by atoms with Crippen LogP contribution in [0.25, 0.3) is 0 Å². The zero-order valence-corrected chi connectivity index (χ0v) is 5.48. The number of carboxylic acids is 1. The van der Waals surface area contributed by atoms with Gasteiger partial charge in [0.2, 0.25) is 0 Å². The number of aryl methyl sites for hydroxylation is 1. The van der Waals surface area contributed by atoms with Gasteiger partial charge in [-0.05, 0) is 6.92 Å². The van der Waals surface area contributed by atoms with Crippen molar-refractivity contribution in [2.75, 3.05) is 0 Å². The molecular formula is C5H7N3O2. The quantitative estimate of drug-likeness (QED) is 0.629. The molecule has 54 valence electrons. The predicted octanol–water partition coefficient (Wildman–Crippen LogP) is -0.00380. The van der Waals surface area contributed by atoms with Crippen LogP contribution in [0.5, 0.6) is 0 Å². The Balaban J connectivity index is 2.88. The fourth-order valence-electron chi connectivity index (χ4n) is 0.548. The van der Waals surface area contributed by atoms with E-state index in [1.54, 1.807) is 0 Å². The third-order valence-corrected chi connectivity index (χ3v) is 1.04. The van der Waals surface area contributed by atoms with Crippen molar-refractivity contribution in [3.8, 4) is 0 Å². The molecule has 1 rings (SSSR count). The molecule has 0 fully saturated rings. The van der Waals surface area contributed by atoms with Crippen molar-refractivity contribution in [2.24, 2.45) is 0 Å². The molecule has 0 radical (unpaired) electrons. The average molecular weight is 141 g/mol. The van der Waals surface area contributed by atoms with Crippen molar-refractivity contribution in [3.63, 3.8) is 0 Å². The van der Waals surface area contributed by atoms with Gasteiger partial charge in [-0.25, -0.2) is 4.79 Å². The molecule has 0 amide bonds. The van der Waals surface area contributed by atoms with Gasteiger partial charge in [0.1, 0.15) is 0 Å². The lowest BCUT2D eigenvalue weighted by atomic mass is 10.5. The third-order valence-electron chi connectivity index (χ3n) is 1.04. The van der Waals surface area contributed by atoms with Gasteiger partial charge in [0.25, 0.3) is 0 Å². The maximum Gasteiger partial charge on any atom is 0.358 e. The first-order valence-electron chi connectivity index (χ1n) is 2.87. The lowest BCUT2D eigenvalue weighted by molar-refractivity contribution is 0.0689. The highest BCUT2D eigenvalue weighted by Crippen LogP contribution is 1.89. The monoisotopic (exact) mass is 141 g/mol. The number of aromatic nitrogens is 3. The molecule has 0 spiro atoms. The van der Waals surface area contributed by atoms with E-state index < -0.39 is 5.97 Å². The topological polar surface area (TPSA) is 68.0 Å². The Bertz CT molecular complexity index is 243. The van der Waals surface area contributed by atoms with Crippen molar-refractivity contribution in [1.29, 1.82) is 0 Å². The molecule has 1 aromatic heterocycles. The molecule has 0 atom stereocenters. The summed E-state index contributed by atoms with van der Waals surface area (Å²) in [5.41, 5.74) is -0.0122. The lowest BCUT2D eigenvalue weighted by Gasteiger charge is -1.87. The second-order valence-electron chi connectivity index (χ2n) is 1.72. The Labute approximate surface area is 57.3 Å². The first-order chi connectivity index (χ1) is 4.74. The van der Waals surface area contributed by atoms with Gasteiger partial charge in [0, 0.05) is 0 Å². The Morgan fingerprint density at radius 3 is 2.90 bits per heavy atom. The van der Waals surface area contributed by atoms with Gasteiger partial charge in [0.15, 0.2) is 5.69 Å². The molecule has 1 N–H and O–H groups in total. The zero-order chi connectivity index (χ0) is 7.56. The highest BCUT2D eigenvalue weighted by atomic mass is 16.4. The van der Waals surface area contributed by atoms with Crippen LogP contribution in [0, 0.1) is 0 Å². The standard InChI is InChI=1S/C5H7N3O2/c1-2-8-6-3-4(7-8)5(9)10/h3H,2H2,1H3,(H,9,10). The van der Waals surface area contributed by atoms with Crippen LogP contribution < -0.4 is 0 Å². The summed E-state index contributed by atoms with van der Waals surface area (Å²) in [6.45, 7) is 2.43. The van der Waals surface area contributed by atoms with E-state index in [-0.39, 0.29) is 5.69 Å². The van der Waals surface area contributed by atoms with Crippen molar-refractivity contribution < 1.29 is 9.90 Å². The number of nitrogens with zero attached hydrogens (tertiary/aromatic N) is 3. The van der Waals surface area contributed by atoms with Gasteiger partial charge in [0.05, 0.1) is 12.7 Å². The summed E-state index contributed by atoms with van der Waals surface area (Å²) < 4.78 is 0. The fraction of sp³-hybridized carbons (Fsp3) is 0.400. The number of hydrogen-bond acceptors (Lipinski definition) is 3. The van der Waals surface area contributed by atoms with E-state index in [4.69, 9.17) is 5.11 Å². The molecule has 10 heavy (non-hydrogen) atoms. The van der Waals surface area contributed by atoms with E-state index in [1.165, 1.54) is 11.0 Å². The minimum absolute atomic E-state index is 0.0122.